The third-order valence-corrected chi connectivity index (χ3v) is 5.27. The molecule has 0 spiro atoms. The molecule has 30 heavy (non-hydrogen) atoms. The van der Waals surface area contributed by atoms with Crippen molar-refractivity contribution in [3.05, 3.63) is 83.2 Å². The summed E-state index contributed by atoms with van der Waals surface area (Å²) in [4.78, 5) is 16.7. The predicted molar refractivity (Wildman–Crippen MR) is 118 cm³/mol. The summed E-state index contributed by atoms with van der Waals surface area (Å²) in [6.07, 6.45) is 1.59. The molecule has 0 fully saturated rings. The van der Waals surface area contributed by atoms with Crippen LogP contribution in [0.25, 0.3) is 22.2 Å². The van der Waals surface area contributed by atoms with E-state index in [9.17, 15) is 4.79 Å². The normalized spacial score (nSPS) is 12.1. The van der Waals surface area contributed by atoms with Gasteiger partial charge in [-0.15, -0.1) is 0 Å². The highest BCUT2D eigenvalue weighted by atomic mass is 35.5. The highest BCUT2D eigenvalue weighted by molar-refractivity contribution is 6.30. The number of benzene rings is 3. The van der Waals surface area contributed by atoms with E-state index in [-0.39, 0.29) is 11.9 Å². The van der Waals surface area contributed by atoms with Gasteiger partial charge >= 0.3 is 0 Å². The summed E-state index contributed by atoms with van der Waals surface area (Å²) >= 11 is 5.90. The molecule has 1 N–H and O–H groups in total. The Kier molecular flexibility index (Phi) is 6.10. The molecule has 0 radical (unpaired) electrons. The Morgan fingerprint density at radius 3 is 2.63 bits per heavy atom. The number of carbonyl (C=O) groups is 1. The molecular weight excluding hydrogens is 398 g/mol. The summed E-state index contributed by atoms with van der Waals surface area (Å²) in [5.74, 6) is 1.06. The molecule has 6 heteroatoms. The van der Waals surface area contributed by atoms with Crippen LogP contribution in [0.2, 0.25) is 5.02 Å². The fourth-order valence-electron chi connectivity index (χ4n) is 3.35. The zero-order chi connectivity index (χ0) is 20.9. The zero-order valence-corrected chi connectivity index (χ0v) is 17.4. The summed E-state index contributed by atoms with van der Waals surface area (Å²) in [6, 6.07) is 21.7. The average Bonchev–Trinajstić information content (AvgIpc) is 3.22. The smallest absolute Gasteiger partial charge is 0.226 e. The average molecular weight is 420 g/mol. The molecule has 1 heterocycles. The lowest BCUT2D eigenvalue weighted by molar-refractivity contribution is -0.121. The van der Waals surface area contributed by atoms with Crippen LogP contribution >= 0.6 is 11.6 Å². The molecule has 1 amide bonds. The number of carbonyl (C=O) groups excluding carboxylic acids is 1. The number of aryl methyl sites for hydroxylation is 1. The van der Waals surface area contributed by atoms with Gasteiger partial charge in [0.05, 0.1) is 6.04 Å². The van der Waals surface area contributed by atoms with Gasteiger partial charge in [0, 0.05) is 23.4 Å². The molecule has 0 aliphatic heterocycles. The van der Waals surface area contributed by atoms with Crippen molar-refractivity contribution in [2.45, 2.75) is 32.2 Å². The molecule has 3 aromatic carbocycles. The van der Waals surface area contributed by atoms with Crippen molar-refractivity contribution < 1.29 is 9.32 Å². The Balaban J connectivity index is 1.28. The van der Waals surface area contributed by atoms with E-state index in [1.165, 1.54) is 10.8 Å². The molecule has 1 unspecified atom stereocenters. The van der Waals surface area contributed by atoms with Crippen molar-refractivity contribution in [1.29, 1.82) is 0 Å². The second kappa shape index (κ2) is 9.09. The van der Waals surface area contributed by atoms with E-state index in [0.717, 1.165) is 11.1 Å². The van der Waals surface area contributed by atoms with Crippen LogP contribution in [0.5, 0.6) is 0 Å². The Bertz CT molecular complexity index is 1150. The monoisotopic (exact) mass is 419 g/mol. The van der Waals surface area contributed by atoms with E-state index in [1.807, 2.05) is 31.2 Å². The van der Waals surface area contributed by atoms with Crippen LogP contribution in [0.3, 0.4) is 0 Å². The summed E-state index contributed by atoms with van der Waals surface area (Å²) in [7, 11) is 0. The first-order chi connectivity index (χ1) is 14.6. The lowest BCUT2D eigenvalue weighted by atomic mass is 10.0. The van der Waals surface area contributed by atoms with Gasteiger partial charge in [-0.1, -0.05) is 53.2 Å². The topological polar surface area (TPSA) is 68.0 Å². The molecular formula is C24H22ClN3O2. The fourth-order valence-corrected chi connectivity index (χ4v) is 3.47. The quantitative estimate of drug-likeness (QED) is 0.414. The maximum atomic E-state index is 12.3. The minimum atomic E-state index is -0.0537. The maximum absolute atomic E-state index is 12.3. The van der Waals surface area contributed by atoms with E-state index in [0.29, 0.717) is 36.0 Å². The number of rotatable bonds is 7. The third-order valence-electron chi connectivity index (χ3n) is 5.02. The number of amides is 1. The minimum Gasteiger partial charge on any atom is -0.350 e. The van der Waals surface area contributed by atoms with Crippen LogP contribution in [0.15, 0.2) is 71.3 Å². The molecule has 0 bridgehead atoms. The fraction of sp³-hybridized carbons (Fsp3) is 0.208. The van der Waals surface area contributed by atoms with Crippen molar-refractivity contribution >= 4 is 28.3 Å². The van der Waals surface area contributed by atoms with Gasteiger partial charge in [0.25, 0.3) is 0 Å². The number of fused-ring (bicyclic) bond motifs is 1. The van der Waals surface area contributed by atoms with Gasteiger partial charge in [0.15, 0.2) is 0 Å². The van der Waals surface area contributed by atoms with Gasteiger partial charge in [-0.2, -0.15) is 4.98 Å². The molecule has 0 saturated carbocycles. The van der Waals surface area contributed by atoms with Gasteiger partial charge < -0.3 is 9.84 Å². The number of nitrogens with zero attached hydrogens (tertiary/aromatic N) is 2. The van der Waals surface area contributed by atoms with Crippen molar-refractivity contribution in [3.63, 3.8) is 0 Å². The molecule has 0 aliphatic rings. The van der Waals surface area contributed by atoms with Crippen LogP contribution in [0, 0.1) is 0 Å². The zero-order valence-electron chi connectivity index (χ0n) is 16.6. The summed E-state index contributed by atoms with van der Waals surface area (Å²) in [5, 5.41) is 10.1. The van der Waals surface area contributed by atoms with Crippen LogP contribution in [0.1, 0.15) is 37.3 Å². The lowest BCUT2D eigenvalue weighted by Crippen LogP contribution is -2.26. The van der Waals surface area contributed by atoms with Crippen molar-refractivity contribution in [3.8, 4) is 11.4 Å². The molecule has 5 nitrogen and oxygen atoms in total. The highest BCUT2D eigenvalue weighted by Gasteiger charge is 2.12. The summed E-state index contributed by atoms with van der Waals surface area (Å²) < 4.78 is 5.30. The molecule has 1 atom stereocenters. The molecule has 4 aromatic rings. The standard InChI is InChI=1S/C24H22ClN3O2/c1-16(19-10-9-17-5-2-3-6-20(17)15-19)26-22(29)7-4-8-23-27-24(28-30-23)18-11-13-21(25)14-12-18/h2-3,5-6,9-16H,4,7-8H2,1H3,(H,26,29). The lowest BCUT2D eigenvalue weighted by Gasteiger charge is -2.15. The maximum Gasteiger partial charge on any atom is 0.226 e. The Morgan fingerprint density at radius 1 is 1.07 bits per heavy atom. The van der Waals surface area contributed by atoms with E-state index in [1.54, 1.807) is 12.1 Å². The number of aromatic nitrogens is 2. The highest BCUT2D eigenvalue weighted by Crippen LogP contribution is 2.21. The van der Waals surface area contributed by atoms with Crippen molar-refractivity contribution in [2.75, 3.05) is 0 Å². The minimum absolute atomic E-state index is 0.00750. The van der Waals surface area contributed by atoms with E-state index in [2.05, 4.69) is 45.8 Å². The first-order valence-electron chi connectivity index (χ1n) is 9.95. The van der Waals surface area contributed by atoms with Crippen molar-refractivity contribution in [2.24, 2.45) is 0 Å². The second-order valence-electron chi connectivity index (χ2n) is 7.27. The summed E-state index contributed by atoms with van der Waals surface area (Å²) in [5.41, 5.74) is 1.93. The van der Waals surface area contributed by atoms with E-state index < -0.39 is 0 Å². The number of nitrogens with one attached hydrogen (secondary N) is 1. The van der Waals surface area contributed by atoms with Gasteiger partial charge in [-0.05, 0) is 60.0 Å². The van der Waals surface area contributed by atoms with Gasteiger partial charge in [-0.25, -0.2) is 0 Å². The van der Waals surface area contributed by atoms with Gasteiger partial charge in [0.2, 0.25) is 17.6 Å². The second-order valence-corrected chi connectivity index (χ2v) is 7.70. The molecule has 4 rings (SSSR count). The van der Waals surface area contributed by atoms with Crippen LogP contribution < -0.4 is 5.32 Å². The Labute approximate surface area is 180 Å². The number of hydrogen-bond donors (Lipinski definition) is 1. The van der Waals surface area contributed by atoms with Gasteiger partial charge in [0.1, 0.15) is 0 Å². The molecule has 152 valence electrons. The van der Waals surface area contributed by atoms with Gasteiger partial charge in [-0.3, -0.25) is 4.79 Å². The SMILES string of the molecule is CC(NC(=O)CCCc1nc(-c2ccc(Cl)cc2)no1)c1ccc2ccccc2c1. The first kappa shape index (κ1) is 20.1. The van der Waals surface area contributed by atoms with E-state index >= 15 is 0 Å². The van der Waals surface area contributed by atoms with Crippen LogP contribution in [-0.2, 0) is 11.2 Å². The first-order valence-corrected chi connectivity index (χ1v) is 10.3. The van der Waals surface area contributed by atoms with Crippen LogP contribution in [-0.4, -0.2) is 16.0 Å². The largest absolute Gasteiger partial charge is 0.350 e. The third kappa shape index (κ3) is 4.86. The predicted octanol–water partition coefficient (Wildman–Crippen LogP) is 5.74. The van der Waals surface area contributed by atoms with E-state index in [4.69, 9.17) is 16.1 Å². The molecule has 0 aliphatic carbocycles. The molecule has 1 aromatic heterocycles. The van der Waals surface area contributed by atoms with Crippen LogP contribution in [0.4, 0.5) is 0 Å². The number of hydrogen-bond acceptors (Lipinski definition) is 4. The Hall–Kier alpha value is -3.18. The number of halogens is 1. The summed E-state index contributed by atoms with van der Waals surface area (Å²) in [6.45, 7) is 2.00. The van der Waals surface area contributed by atoms with Crippen molar-refractivity contribution in [1.82, 2.24) is 15.5 Å². The molecule has 0 saturated heterocycles. The Morgan fingerprint density at radius 2 is 1.83 bits per heavy atom.